The van der Waals surface area contributed by atoms with Crippen molar-refractivity contribution in [2.24, 2.45) is 12.8 Å². The number of nitrogens with two attached hydrogens (primary N) is 1. The quantitative estimate of drug-likeness (QED) is 0.863. The number of rotatable bonds is 5. The first-order chi connectivity index (χ1) is 11.6. The number of carbonyl (C=O) groups excluding carboxylic acids is 1. The second-order valence-electron chi connectivity index (χ2n) is 5.95. The Morgan fingerprint density at radius 1 is 1.46 bits per heavy atom. The number of hydrogen-bond donors (Lipinski definition) is 2. The van der Waals surface area contributed by atoms with Gasteiger partial charge >= 0.3 is 0 Å². The molecule has 6 nitrogen and oxygen atoms in total. The van der Waals surface area contributed by atoms with Crippen LogP contribution in [0.15, 0.2) is 36.7 Å². The van der Waals surface area contributed by atoms with Gasteiger partial charge in [0.15, 0.2) is 0 Å². The van der Waals surface area contributed by atoms with Crippen molar-refractivity contribution in [1.29, 1.82) is 0 Å². The number of benzene rings is 1. The SMILES string of the molecule is Cn1ccnc1C(NC(=O)[C@@H]1CC[C@H](CN)O1)c1ccc(Cl)cc1. The third-order valence-corrected chi connectivity index (χ3v) is 4.52. The number of amides is 1. The molecule has 7 heteroatoms. The molecule has 1 amide bonds. The van der Waals surface area contributed by atoms with E-state index >= 15 is 0 Å². The lowest BCUT2D eigenvalue weighted by Crippen LogP contribution is -2.39. The van der Waals surface area contributed by atoms with Crippen molar-refractivity contribution in [1.82, 2.24) is 14.9 Å². The molecule has 0 radical (unpaired) electrons. The molecule has 2 heterocycles. The molecule has 3 N–H and O–H groups in total. The van der Waals surface area contributed by atoms with Gasteiger partial charge < -0.3 is 20.4 Å². The monoisotopic (exact) mass is 348 g/mol. The first-order valence-electron chi connectivity index (χ1n) is 7.97. The highest BCUT2D eigenvalue weighted by Crippen LogP contribution is 2.24. The van der Waals surface area contributed by atoms with Crippen molar-refractivity contribution in [3.63, 3.8) is 0 Å². The Balaban J connectivity index is 1.82. The van der Waals surface area contributed by atoms with E-state index in [9.17, 15) is 4.79 Å². The third-order valence-electron chi connectivity index (χ3n) is 4.27. The van der Waals surface area contributed by atoms with E-state index in [0.29, 0.717) is 18.0 Å². The molecule has 128 valence electrons. The zero-order valence-corrected chi connectivity index (χ0v) is 14.2. The minimum absolute atomic E-state index is 0.0390. The lowest BCUT2D eigenvalue weighted by molar-refractivity contribution is -0.132. The summed E-state index contributed by atoms with van der Waals surface area (Å²) in [5.74, 6) is 0.605. The third kappa shape index (κ3) is 3.61. The summed E-state index contributed by atoms with van der Waals surface area (Å²) in [5.41, 5.74) is 6.53. The molecule has 0 bridgehead atoms. The van der Waals surface area contributed by atoms with Crippen molar-refractivity contribution in [3.8, 4) is 0 Å². The summed E-state index contributed by atoms with van der Waals surface area (Å²) in [4.78, 5) is 17.0. The fourth-order valence-electron chi connectivity index (χ4n) is 2.91. The Kier molecular flexibility index (Phi) is 5.18. The van der Waals surface area contributed by atoms with Gasteiger partial charge in [0, 0.05) is 31.0 Å². The van der Waals surface area contributed by atoms with E-state index < -0.39 is 6.10 Å². The average molecular weight is 349 g/mol. The van der Waals surface area contributed by atoms with Gasteiger partial charge in [-0.15, -0.1) is 0 Å². The fraction of sp³-hybridized carbons (Fsp3) is 0.412. The molecule has 1 aromatic carbocycles. The highest BCUT2D eigenvalue weighted by atomic mass is 35.5. The highest BCUT2D eigenvalue weighted by molar-refractivity contribution is 6.30. The molecule has 1 aliphatic heterocycles. The topological polar surface area (TPSA) is 82.2 Å². The predicted octanol–water partition coefficient (Wildman–Crippen LogP) is 1.79. The van der Waals surface area contributed by atoms with Crippen LogP contribution in [-0.2, 0) is 16.6 Å². The first kappa shape index (κ1) is 17.0. The van der Waals surface area contributed by atoms with Crippen molar-refractivity contribution in [3.05, 3.63) is 53.1 Å². The Morgan fingerprint density at radius 3 is 2.79 bits per heavy atom. The van der Waals surface area contributed by atoms with Crippen LogP contribution in [0.1, 0.15) is 30.3 Å². The molecule has 3 atom stereocenters. The maximum Gasteiger partial charge on any atom is 0.249 e. The smallest absolute Gasteiger partial charge is 0.249 e. The molecule has 1 unspecified atom stereocenters. The number of hydrogen-bond acceptors (Lipinski definition) is 4. The largest absolute Gasteiger partial charge is 0.364 e. The lowest BCUT2D eigenvalue weighted by Gasteiger charge is -2.21. The number of imidazole rings is 1. The maximum atomic E-state index is 12.6. The molecule has 1 fully saturated rings. The molecule has 1 aromatic heterocycles. The van der Waals surface area contributed by atoms with E-state index in [-0.39, 0.29) is 18.1 Å². The van der Waals surface area contributed by atoms with Gasteiger partial charge in [0.1, 0.15) is 18.0 Å². The average Bonchev–Trinajstić information content (AvgIpc) is 3.22. The lowest BCUT2D eigenvalue weighted by atomic mass is 10.1. The van der Waals surface area contributed by atoms with Gasteiger partial charge in [-0.3, -0.25) is 4.79 Å². The van der Waals surface area contributed by atoms with Gasteiger partial charge in [0.05, 0.1) is 6.10 Å². The molecule has 3 rings (SSSR count). The standard InChI is InChI=1S/C17H21ClN4O2/c1-22-9-8-20-16(22)15(11-2-4-12(18)5-3-11)21-17(23)14-7-6-13(10-19)24-14/h2-5,8-9,13-15H,6-7,10,19H2,1H3,(H,21,23)/t13-,14+,15?/m1/s1. The zero-order valence-electron chi connectivity index (χ0n) is 13.5. The fourth-order valence-corrected chi connectivity index (χ4v) is 3.04. The van der Waals surface area contributed by atoms with Gasteiger partial charge in [-0.05, 0) is 30.5 Å². The molecule has 0 saturated carbocycles. The first-order valence-corrected chi connectivity index (χ1v) is 8.35. The maximum absolute atomic E-state index is 12.6. The van der Waals surface area contributed by atoms with Crippen LogP contribution in [0.3, 0.4) is 0 Å². The molecule has 1 aliphatic rings. The molecular formula is C17H21ClN4O2. The highest BCUT2D eigenvalue weighted by Gasteiger charge is 2.32. The van der Waals surface area contributed by atoms with Crippen LogP contribution in [0.25, 0.3) is 0 Å². The molecular weight excluding hydrogens is 328 g/mol. The number of nitrogens with zero attached hydrogens (tertiary/aromatic N) is 2. The van der Waals surface area contributed by atoms with E-state index in [0.717, 1.165) is 17.8 Å². The van der Waals surface area contributed by atoms with Gasteiger partial charge in [0.25, 0.3) is 0 Å². The zero-order chi connectivity index (χ0) is 17.1. The van der Waals surface area contributed by atoms with Crippen LogP contribution >= 0.6 is 11.6 Å². The van der Waals surface area contributed by atoms with Gasteiger partial charge in [-0.1, -0.05) is 23.7 Å². The predicted molar refractivity (Wildman–Crippen MR) is 91.6 cm³/mol. The summed E-state index contributed by atoms with van der Waals surface area (Å²) in [6.45, 7) is 0.434. The summed E-state index contributed by atoms with van der Waals surface area (Å²) < 4.78 is 7.58. The minimum Gasteiger partial charge on any atom is -0.364 e. The van der Waals surface area contributed by atoms with Gasteiger partial charge in [-0.25, -0.2) is 4.98 Å². The van der Waals surface area contributed by atoms with Crippen LogP contribution in [0, 0.1) is 0 Å². The van der Waals surface area contributed by atoms with Crippen LogP contribution < -0.4 is 11.1 Å². The Labute approximate surface area is 146 Å². The Morgan fingerprint density at radius 2 is 2.21 bits per heavy atom. The second kappa shape index (κ2) is 7.34. The van der Waals surface area contributed by atoms with Crippen LogP contribution in [-0.4, -0.2) is 34.2 Å². The van der Waals surface area contributed by atoms with E-state index in [2.05, 4.69) is 10.3 Å². The van der Waals surface area contributed by atoms with Crippen molar-refractivity contribution in [2.75, 3.05) is 6.54 Å². The van der Waals surface area contributed by atoms with Crippen molar-refractivity contribution >= 4 is 17.5 Å². The molecule has 0 aliphatic carbocycles. The summed E-state index contributed by atoms with van der Waals surface area (Å²) in [6, 6.07) is 7.01. The molecule has 24 heavy (non-hydrogen) atoms. The summed E-state index contributed by atoms with van der Waals surface area (Å²) in [5, 5.41) is 3.70. The van der Waals surface area contributed by atoms with Crippen LogP contribution in [0.2, 0.25) is 5.02 Å². The van der Waals surface area contributed by atoms with Crippen molar-refractivity contribution < 1.29 is 9.53 Å². The summed E-state index contributed by atoms with van der Waals surface area (Å²) >= 11 is 5.97. The summed E-state index contributed by atoms with van der Waals surface area (Å²) in [7, 11) is 1.90. The minimum atomic E-state index is -0.464. The second-order valence-corrected chi connectivity index (χ2v) is 6.39. The van der Waals surface area contributed by atoms with E-state index in [4.69, 9.17) is 22.1 Å². The van der Waals surface area contributed by atoms with Gasteiger partial charge in [0.2, 0.25) is 5.91 Å². The Hall–Kier alpha value is -1.89. The van der Waals surface area contributed by atoms with Crippen molar-refractivity contribution in [2.45, 2.75) is 31.1 Å². The van der Waals surface area contributed by atoms with Gasteiger partial charge in [-0.2, -0.15) is 0 Å². The van der Waals surface area contributed by atoms with E-state index in [1.807, 2.05) is 29.9 Å². The normalized spacial score (nSPS) is 21.6. The molecule has 2 aromatic rings. The number of carbonyl (C=O) groups is 1. The number of nitrogens with one attached hydrogen (secondary N) is 1. The van der Waals surface area contributed by atoms with Crippen LogP contribution in [0.5, 0.6) is 0 Å². The number of ether oxygens (including phenoxy) is 1. The summed E-state index contributed by atoms with van der Waals surface area (Å²) in [6.07, 6.45) is 4.54. The van der Waals surface area contributed by atoms with E-state index in [1.165, 1.54) is 0 Å². The van der Waals surface area contributed by atoms with Crippen LogP contribution in [0.4, 0.5) is 0 Å². The Bertz CT molecular complexity index is 701. The molecule has 0 spiro atoms. The molecule has 1 saturated heterocycles. The number of halogens is 1. The number of aryl methyl sites for hydroxylation is 1. The number of aromatic nitrogens is 2. The van der Waals surface area contributed by atoms with E-state index in [1.54, 1.807) is 18.3 Å².